The molecule has 0 bridgehead atoms. The van der Waals surface area contributed by atoms with Crippen LogP contribution in [0, 0.1) is 0 Å². The maximum absolute atomic E-state index is 9.37. The van der Waals surface area contributed by atoms with Crippen molar-refractivity contribution in [3.05, 3.63) is 96.1 Å². The number of hydrogen-bond acceptors (Lipinski definition) is 4. The smallest absolute Gasteiger partial charge is 0.0893 e. The van der Waals surface area contributed by atoms with E-state index < -0.39 is 0 Å². The van der Waals surface area contributed by atoms with Crippen molar-refractivity contribution in [2.24, 2.45) is 0 Å². The second-order valence-electron chi connectivity index (χ2n) is 6.53. The van der Waals surface area contributed by atoms with Crippen LogP contribution in [0.2, 0.25) is 0 Å². The average molecular weight is 368 g/mol. The normalized spacial score (nSPS) is 10.8. The fourth-order valence-corrected chi connectivity index (χ4v) is 3.13. The number of nitrogens with zero attached hydrogens (tertiary/aromatic N) is 2. The van der Waals surface area contributed by atoms with Crippen molar-refractivity contribution < 1.29 is 10.2 Å². The van der Waals surface area contributed by atoms with Crippen molar-refractivity contribution in [1.82, 2.24) is 9.97 Å². The van der Waals surface area contributed by atoms with Gasteiger partial charge in [0.1, 0.15) is 0 Å². The lowest BCUT2D eigenvalue weighted by Crippen LogP contribution is -1.93. The Bertz CT molecular complexity index is 1020. The van der Waals surface area contributed by atoms with Crippen molar-refractivity contribution in [3.63, 3.8) is 0 Å². The standard InChI is InChI=1S/C24H20N2O2/c27-15-17-5-1-7-19(13-17)21-9-3-11-23(25-21)24-12-4-10-22(26-24)20-8-2-6-18(14-20)16-28/h1-14,27-28H,15-16H2. The number of aliphatic hydroxyl groups is 2. The van der Waals surface area contributed by atoms with Crippen molar-refractivity contribution >= 4 is 0 Å². The van der Waals surface area contributed by atoms with E-state index in [0.717, 1.165) is 45.0 Å². The molecule has 138 valence electrons. The molecule has 4 aromatic rings. The Kier molecular flexibility index (Phi) is 5.24. The Morgan fingerprint density at radius 1 is 0.500 bits per heavy atom. The van der Waals surface area contributed by atoms with Crippen LogP contribution in [0.15, 0.2) is 84.9 Å². The highest BCUT2D eigenvalue weighted by Gasteiger charge is 2.07. The molecule has 0 aliphatic carbocycles. The second-order valence-corrected chi connectivity index (χ2v) is 6.53. The molecule has 0 aliphatic heterocycles. The molecule has 2 heterocycles. The number of benzene rings is 2. The van der Waals surface area contributed by atoms with Gasteiger partial charge in [0, 0.05) is 11.1 Å². The monoisotopic (exact) mass is 368 g/mol. The highest BCUT2D eigenvalue weighted by molar-refractivity contribution is 5.67. The van der Waals surface area contributed by atoms with Gasteiger partial charge in [-0.05, 0) is 47.5 Å². The van der Waals surface area contributed by atoms with E-state index in [0.29, 0.717) is 0 Å². The van der Waals surface area contributed by atoms with Gasteiger partial charge in [-0.2, -0.15) is 0 Å². The molecule has 2 aromatic carbocycles. The number of hydrogen-bond donors (Lipinski definition) is 2. The third kappa shape index (κ3) is 3.83. The van der Waals surface area contributed by atoms with Gasteiger partial charge >= 0.3 is 0 Å². The topological polar surface area (TPSA) is 66.2 Å². The van der Waals surface area contributed by atoms with Crippen LogP contribution in [-0.2, 0) is 13.2 Å². The Morgan fingerprint density at radius 3 is 1.32 bits per heavy atom. The van der Waals surface area contributed by atoms with E-state index in [9.17, 15) is 10.2 Å². The summed E-state index contributed by atoms with van der Waals surface area (Å²) in [6.45, 7) is 0.00801. The molecule has 0 radical (unpaired) electrons. The van der Waals surface area contributed by atoms with Gasteiger partial charge in [-0.25, -0.2) is 9.97 Å². The summed E-state index contributed by atoms with van der Waals surface area (Å²) in [6, 6.07) is 27.2. The lowest BCUT2D eigenvalue weighted by atomic mass is 10.1. The number of aromatic nitrogens is 2. The third-order valence-electron chi connectivity index (χ3n) is 4.57. The SMILES string of the molecule is OCc1cccc(-c2cccc(-c3cccc(-c4cccc(CO)c4)n3)n2)c1. The van der Waals surface area contributed by atoms with Gasteiger partial charge in [0.25, 0.3) is 0 Å². The second kappa shape index (κ2) is 8.13. The molecule has 0 amide bonds. The largest absolute Gasteiger partial charge is 0.392 e. The molecule has 28 heavy (non-hydrogen) atoms. The first-order valence-corrected chi connectivity index (χ1v) is 9.11. The third-order valence-corrected chi connectivity index (χ3v) is 4.57. The highest BCUT2D eigenvalue weighted by atomic mass is 16.3. The van der Waals surface area contributed by atoms with Crippen LogP contribution >= 0.6 is 0 Å². The summed E-state index contributed by atoms with van der Waals surface area (Å²) >= 11 is 0. The number of rotatable bonds is 5. The first kappa shape index (κ1) is 18.0. The van der Waals surface area contributed by atoms with E-state index in [1.54, 1.807) is 0 Å². The summed E-state index contributed by atoms with van der Waals surface area (Å²) in [5, 5.41) is 18.7. The van der Waals surface area contributed by atoms with Gasteiger partial charge in [-0.1, -0.05) is 48.5 Å². The zero-order valence-corrected chi connectivity index (χ0v) is 15.3. The van der Waals surface area contributed by atoms with Crippen LogP contribution in [0.1, 0.15) is 11.1 Å². The summed E-state index contributed by atoms with van der Waals surface area (Å²) in [6.07, 6.45) is 0. The van der Waals surface area contributed by atoms with Gasteiger partial charge < -0.3 is 10.2 Å². The molecule has 2 aromatic heterocycles. The van der Waals surface area contributed by atoms with Crippen LogP contribution in [0.5, 0.6) is 0 Å². The summed E-state index contributed by atoms with van der Waals surface area (Å²) in [4.78, 5) is 9.55. The minimum Gasteiger partial charge on any atom is -0.392 e. The Morgan fingerprint density at radius 2 is 0.893 bits per heavy atom. The minimum absolute atomic E-state index is 0.00400. The molecule has 4 rings (SSSR count). The van der Waals surface area contributed by atoms with E-state index in [1.807, 2.05) is 84.9 Å². The molecule has 2 N–H and O–H groups in total. The van der Waals surface area contributed by atoms with Crippen molar-refractivity contribution in [2.75, 3.05) is 0 Å². The van der Waals surface area contributed by atoms with Crippen LogP contribution in [0.3, 0.4) is 0 Å². The predicted molar refractivity (Wildman–Crippen MR) is 110 cm³/mol. The van der Waals surface area contributed by atoms with Crippen LogP contribution in [0.25, 0.3) is 33.9 Å². The van der Waals surface area contributed by atoms with Gasteiger partial charge in [0.2, 0.25) is 0 Å². The lowest BCUT2D eigenvalue weighted by molar-refractivity contribution is 0.281. The van der Waals surface area contributed by atoms with Gasteiger partial charge in [0.05, 0.1) is 36.0 Å². The van der Waals surface area contributed by atoms with E-state index in [-0.39, 0.29) is 13.2 Å². The van der Waals surface area contributed by atoms with Crippen molar-refractivity contribution in [1.29, 1.82) is 0 Å². The molecule has 0 spiro atoms. The van der Waals surface area contributed by atoms with Crippen LogP contribution < -0.4 is 0 Å². The lowest BCUT2D eigenvalue weighted by Gasteiger charge is -2.08. The molecule has 0 unspecified atom stereocenters. The number of pyridine rings is 2. The van der Waals surface area contributed by atoms with E-state index >= 15 is 0 Å². The molecular weight excluding hydrogens is 348 g/mol. The first-order valence-electron chi connectivity index (χ1n) is 9.11. The maximum Gasteiger partial charge on any atom is 0.0893 e. The molecular formula is C24H20N2O2. The Hall–Kier alpha value is -3.34. The van der Waals surface area contributed by atoms with Gasteiger partial charge in [0.15, 0.2) is 0 Å². The molecule has 0 aliphatic rings. The zero-order chi connectivity index (χ0) is 19.3. The van der Waals surface area contributed by atoms with E-state index in [4.69, 9.17) is 9.97 Å². The zero-order valence-electron chi connectivity index (χ0n) is 15.3. The molecule has 0 saturated carbocycles. The minimum atomic E-state index is 0.00400. The molecule has 4 heteroatoms. The molecule has 4 nitrogen and oxygen atoms in total. The highest BCUT2D eigenvalue weighted by Crippen LogP contribution is 2.25. The summed E-state index contributed by atoms with van der Waals surface area (Å²) in [7, 11) is 0. The maximum atomic E-state index is 9.37. The quantitative estimate of drug-likeness (QED) is 0.546. The van der Waals surface area contributed by atoms with Gasteiger partial charge in [-0.15, -0.1) is 0 Å². The molecule has 0 atom stereocenters. The average Bonchev–Trinajstić information content (AvgIpc) is 2.79. The summed E-state index contributed by atoms with van der Waals surface area (Å²) in [5.41, 5.74) is 6.87. The Balaban J connectivity index is 1.72. The molecule has 0 fully saturated rings. The van der Waals surface area contributed by atoms with Crippen molar-refractivity contribution in [3.8, 4) is 33.9 Å². The number of aliphatic hydroxyl groups excluding tert-OH is 2. The first-order chi connectivity index (χ1) is 13.8. The van der Waals surface area contributed by atoms with Crippen LogP contribution in [-0.4, -0.2) is 20.2 Å². The van der Waals surface area contributed by atoms with Crippen LogP contribution in [0.4, 0.5) is 0 Å². The molecule has 0 saturated heterocycles. The fraction of sp³-hybridized carbons (Fsp3) is 0.0833. The van der Waals surface area contributed by atoms with E-state index in [1.165, 1.54) is 0 Å². The van der Waals surface area contributed by atoms with Crippen molar-refractivity contribution in [2.45, 2.75) is 13.2 Å². The van der Waals surface area contributed by atoms with E-state index in [2.05, 4.69) is 0 Å². The van der Waals surface area contributed by atoms with Gasteiger partial charge in [-0.3, -0.25) is 0 Å². The fourth-order valence-electron chi connectivity index (χ4n) is 3.13. The Labute approximate surface area is 163 Å². The predicted octanol–water partition coefficient (Wildman–Crippen LogP) is 4.46. The summed E-state index contributed by atoms with van der Waals surface area (Å²) < 4.78 is 0. The summed E-state index contributed by atoms with van der Waals surface area (Å²) in [5.74, 6) is 0.